The monoisotopic (exact) mass is 281 g/mol. The molecule has 1 aliphatic rings. The predicted octanol–water partition coefficient (Wildman–Crippen LogP) is 1.15. The average molecular weight is 281 g/mol. The number of fused-ring (bicyclic) bond motifs is 1. The summed E-state index contributed by atoms with van der Waals surface area (Å²) in [7, 11) is -3.15. The van der Waals surface area contributed by atoms with Crippen molar-refractivity contribution in [2.45, 2.75) is 11.1 Å². The molecule has 0 saturated carbocycles. The first-order chi connectivity index (χ1) is 8.16. The summed E-state index contributed by atoms with van der Waals surface area (Å²) in [6.07, 6.45) is -4.85. The van der Waals surface area contributed by atoms with Gasteiger partial charge in [0.05, 0.1) is 18.2 Å². The molecule has 98 valence electrons. The lowest BCUT2D eigenvalue weighted by molar-refractivity contribution is -0.138. The lowest BCUT2D eigenvalue weighted by atomic mass is 10.1. The van der Waals surface area contributed by atoms with Crippen molar-refractivity contribution in [3.8, 4) is 5.75 Å². The van der Waals surface area contributed by atoms with Gasteiger partial charge in [-0.25, -0.2) is 13.1 Å². The standard InChI is InChI=1S/C9H6F3NO4S/c1-17-4-2-5(9(10,11)12)7-6(3-4)18(15,16)13-8(7)14/h2-3H,1H3,(H,13,14). The maximum atomic E-state index is 12.8. The molecular weight excluding hydrogens is 275 g/mol. The number of ether oxygens (including phenoxy) is 1. The van der Waals surface area contributed by atoms with E-state index in [-0.39, 0.29) is 5.75 Å². The molecule has 1 aromatic carbocycles. The Hall–Kier alpha value is -1.77. The molecule has 18 heavy (non-hydrogen) atoms. The number of benzene rings is 1. The molecule has 0 spiro atoms. The summed E-state index contributed by atoms with van der Waals surface area (Å²) in [5.41, 5.74) is -2.24. The normalized spacial score (nSPS) is 17.2. The van der Waals surface area contributed by atoms with Crippen LogP contribution in [0.5, 0.6) is 5.75 Å². The minimum absolute atomic E-state index is 0.291. The first kappa shape index (κ1) is 12.7. The van der Waals surface area contributed by atoms with Crippen LogP contribution in [0.1, 0.15) is 15.9 Å². The molecule has 1 heterocycles. The Morgan fingerprint density at radius 1 is 1.28 bits per heavy atom. The van der Waals surface area contributed by atoms with Crippen molar-refractivity contribution in [2.24, 2.45) is 0 Å². The van der Waals surface area contributed by atoms with Crippen LogP contribution in [0, 0.1) is 0 Å². The van der Waals surface area contributed by atoms with Crippen molar-refractivity contribution in [1.82, 2.24) is 4.72 Å². The summed E-state index contributed by atoms with van der Waals surface area (Å²) in [5, 5.41) is 0. The Kier molecular flexibility index (Phi) is 2.54. The third kappa shape index (κ3) is 1.80. The third-order valence-corrected chi connectivity index (χ3v) is 3.72. The number of sulfonamides is 1. The lowest BCUT2D eigenvalue weighted by Gasteiger charge is -2.11. The molecule has 0 bridgehead atoms. The van der Waals surface area contributed by atoms with E-state index in [4.69, 9.17) is 0 Å². The summed E-state index contributed by atoms with van der Waals surface area (Å²) < 4.78 is 67.3. The maximum absolute atomic E-state index is 12.8. The maximum Gasteiger partial charge on any atom is 0.417 e. The van der Waals surface area contributed by atoms with Crippen LogP contribution in [0.4, 0.5) is 13.2 Å². The van der Waals surface area contributed by atoms with E-state index in [2.05, 4.69) is 4.74 Å². The Bertz CT molecular complexity index is 636. The second kappa shape index (κ2) is 3.61. The highest BCUT2D eigenvalue weighted by molar-refractivity contribution is 7.90. The highest BCUT2D eigenvalue weighted by Gasteiger charge is 2.43. The highest BCUT2D eigenvalue weighted by Crippen LogP contribution is 2.39. The van der Waals surface area contributed by atoms with Crippen LogP contribution in [0.3, 0.4) is 0 Å². The molecule has 5 nitrogen and oxygen atoms in total. The largest absolute Gasteiger partial charge is 0.497 e. The van der Waals surface area contributed by atoms with Gasteiger partial charge in [0.25, 0.3) is 15.9 Å². The number of carbonyl (C=O) groups excluding carboxylic acids is 1. The molecule has 9 heteroatoms. The van der Waals surface area contributed by atoms with Crippen molar-refractivity contribution in [1.29, 1.82) is 0 Å². The summed E-state index contributed by atoms with van der Waals surface area (Å²) in [6, 6.07) is 1.46. The average Bonchev–Trinajstić information content (AvgIpc) is 2.47. The van der Waals surface area contributed by atoms with Crippen molar-refractivity contribution in [2.75, 3.05) is 7.11 Å². The molecule has 0 fully saturated rings. The van der Waals surface area contributed by atoms with E-state index in [9.17, 15) is 26.4 Å². The van der Waals surface area contributed by atoms with E-state index in [0.717, 1.165) is 13.2 Å². The second-order valence-corrected chi connectivity index (χ2v) is 5.13. The number of hydrogen-bond acceptors (Lipinski definition) is 4. The fraction of sp³-hybridized carbons (Fsp3) is 0.222. The topological polar surface area (TPSA) is 72.5 Å². The van der Waals surface area contributed by atoms with E-state index in [1.807, 2.05) is 0 Å². The molecule has 1 N–H and O–H groups in total. The molecular formula is C9H6F3NO4S. The molecule has 0 radical (unpaired) electrons. The SMILES string of the molecule is COc1cc(C(F)(F)F)c2c(c1)S(=O)(=O)NC2=O. The van der Waals surface area contributed by atoms with E-state index in [1.54, 1.807) is 0 Å². The summed E-state index contributed by atoms with van der Waals surface area (Å²) in [6.45, 7) is 0. The van der Waals surface area contributed by atoms with E-state index in [0.29, 0.717) is 6.07 Å². The third-order valence-electron chi connectivity index (χ3n) is 2.36. The molecule has 0 aromatic heterocycles. The van der Waals surface area contributed by atoms with Gasteiger partial charge in [0, 0.05) is 6.07 Å². The van der Waals surface area contributed by atoms with Gasteiger partial charge in [0.15, 0.2) is 0 Å². The van der Waals surface area contributed by atoms with Crippen LogP contribution >= 0.6 is 0 Å². The van der Waals surface area contributed by atoms with Crippen molar-refractivity contribution >= 4 is 15.9 Å². The van der Waals surface area contributed by atoms with E-state index < -0.39 is 38.1 Å². The molecule has 2 rings (SSSR count). The van der Waals surface area contributed by atoms with Crippen LogP contribution in [-0.4, -0.2) is 21.4 Å². The van der Waals surface area contributed by atoms with Gasteiger partial charge in [0.1, 0.15) is 10.6 Å². The van der Waals surface area contributed by atoms with Gasteiger partial charge < -0.3 is 4.74 Å². The van der Waals surface area contributed by atoms with Crippen molar-refractivity contribution < 1.29 is 31.1 Å². The zero-order chi connectivity index (χ0) is 13.7. The molecule has 0 aliphatic carbocycles. The molecule has 0 unspecified atom stereocenters. The molecule has 0 saturated heterocycles. The van der Waals surface area contributed by atoms with Crippen LogP contribution in [-0.2, 0) is 16.2 Å². The molecule has 1 amide bonds. The molecule has 1 aromatic rings. The van der Waals surface area contributed by atoms with Gasteiger partial charge in [-0.05, 0) is 6.07 Å². The van der Waals surface area contributed by atoms with Crippen LogP contribution in [0.15, 0.2) is 17.0 Å². The predicted molar refractivity (Wildman–Crippen MR) is 52.6 cm³/mol. The van der Waals surface area contributed by atoms with Crippen LogP contribution < -0.4 is 9.46 Å². The van der Waals surface area contributed by atoms with Gasteiger partial charge in [-0.15, -0.1) is 0 Å². The van der Waals surface area contributed by atoms with Crippen molar-refractivity contribution in [3.05, 3.63) is 23.3 Å². The molecule has 1 aliphatic heterocycles. The van der Waals surface area contributed by atoms with Gasteiger partial charge >= 0.3 is 6.18 Å². The fourth-order valence-corrected chi connectivity index (χ4v) is 2.80. The number of rotatable bonds is 1. The zero-order valence-corrected chi connectivity index (χ0v) is 9.65. The Balaban J connectivity index is 2.86. The van der Waals surface area contributed by atoms with Crippen LogP contribution in [0.2, 0.25) is 0 Å². The Morgan fingerprint density at radius 3 is 2.39 bits per heavy atom. The summed E-state index contributed by atoms with van der Waals surface area (Å²) >= 11 is 0. The van der Waals surface area contributed by atoms with Gasteiger partial charge in [-0.2, -0.15) is 13.2 Å². The first-order valence-electron chi connectivity index (χ1n) is 4.53. The number of carbonyl (C=O) groups is 1. The highest BCUT2D eigenvalue weighted by atomic mass is 32.2. The molecule has 0 atom stereocenters. The lowest BCUT2D eigenvalue weighted by Crippen LogP contribution is -2.21. The number of halogens is 3. The quantitative estimate of drug-likeness (QED) is 0.838. The smallest absolute Gasteiger partial charge is 0.417 e. The minimum Gasteiger partial charge on any atom is -0.497 e. The number of alkyl halides is 3. The Labute approximate surface area is 99.6 Å². The number of methoxy groups -OCH3 is 1. The van der Waals surface area contributed by atoms with Gasteiger partial charge in [-0.1, -0.05) is 0 Å². The first-order valence-corrected chi connectivity index (χ1v) is 6.01. The second-order valence-electron chi connectivity index (χ2n) is 3.48. The van der Waals surface area contributed by atoms with E-state index in [1.165, 1.54) is 4.72 Å². The number of amides is 1. The fourth-order valence-electron chi connectivity index (χ4n) is 1.61. The van der Waals surface area contributed by atoms with E-state index >= 15 is 0 Å². The van der Waals surface area contributed by atoms with Crippen LogP contribution in [0.25, 0.3) is 0 Å². The Morgan fingerprint density at radius 2 is 1.89 bits per heavy atom. The van der Waals surface area contributed by atoms with Gasteiger partial charge in [-0.3, -0.25) is 4.79 Å². The van der Waals surface area contributed by atoms with Gasteiger partial charge in [0.2, 0.25) is 0 Å². The minimum atomic E-state index is -4.85. The summed E-state index contributed by atoms with van der Waals surface area (Å²) in [5.74, 6) is -1.58. The zero-order valence-electron chi connectivity index (χ0n) is 8.83. The number of hydrogen-bond donors (Lipinski definition) is 1. The van der Waals surface area contributed by atoms with Crippen molar-refractivity contribution in [3.63, 3.8) is 0 Å². The summed E-state index contributed by atoms with van der Waals surface area (Å²) in [4.78, 5) is 10.6. The number of nitrogens with one attached hydrogen (secondary N) is 1.